The van der Waals surface area contributed by atoms with E-state index in [2.05, 4.69) is 15.9 Å². The smallest absolute Gasteiger partial charge is 0.258 e. The normalized spacial score (nSPS) is 14.2. The lowest BCUT2D eigenvalue weighted by Gasteiger charge is -2.16. The number of carbonyl (C=O) groups is 1. The van der Waals surface area contributed by atoms with Crippen LogP contribution in [0.5, 0.6) is 5.75 Å². The molecule has 3 N–H and O–H groups in total. The largest absolute Gasteiger partial charge is 0.481 e. The average molecular weight is 288 g/mol. The van der Waals surface area contributed by atoms with Gasteiger partial charge in [0.2, 0.25) is 0 Å². The van der Waals surface area contributed by atoms with Crippen molar-refractivity contribution in [3.05, 3.63) is 28.2 Å². The zero-order chi connectivity index (χ0) is 12.3. The van der Waals surface area contributed by atoms with Crippen LogP contribution in [0.4, 0.5) is 0 Å². The van der Waals surface area contributed by atoms with Gasteiger partial charge in [0.1, 0.15) is 5.75 Å². The zero-order valence-corrected chi connectivity index (χ0v) is 10.7. The van der Waals surface area contributed by atoms with E-state index in [-0.39, 0.29) is 0 Å². The van der Waals surface area contributed by atoms with Crippen LogP contribution in [0, 0.1) is 0 Å². The van der Waals surface area contributed by atoms with Crippen LogP contribution in [-0.4, -0.2) is 17.1 Å². The predicted molar refractivity (Wildman–Crippen MR) is 64.1 cm³/mol. The van der Waals surface area contributed by atoms with Gasteiger partial charge in [0.05, 0.1) is 6.10 Å². The minimum Gasteiger partial charge on any atom is -0.481 e. The van der Waals surface area contributed by atoms with Crippen LogP contribution in [0.25, 0.3) is 0 Å². The third kappa shape index (κ3) is 3.21. The second-order valence-corrected chi connectivity index (χ2v) is 4.44. The van der Waals surface area contributed by atoms with Gasteiger partial charge in [-0.25, -0.2) is 0 Å². The Kier molecular flexibility index (Phi) is 4.32. The van der Waals surface area contributed by atoms with Crippen molar-refractivity contribution >= 4 is 21.8 Å². The fraction of sp³-hybridized carbons (Fsp3) is 0.364. The van der Waals surface area contributed by atoms with Crippen LogP contribution in [0.2, 0.25) is 0 Å². The molecule has 0 aliphatic carbocycles. The molecule has 0 fully saturated rings. The highest BCUT2D eigenvalue weighted by Gasteiger charge is 2.15. The van der Waals surface area contributed by atoms with E-state index in [1.165, 1.54) is 0 Å². The van der Waals surface area contributed by atoms with Gasteiger partial charge >= 0.3 is 0 Å². The number of aliphatic hydroxyl groups excluding tert-OH is 1. The van der Waals surface area contributed by atoms with Crippen LogP contribution < -0.4 is 10.5 Å². The molecule has 1 rings (SSSR count). The number of hydrogen-bond donors (Lipinski definition) is 2. The molecule has 0 aliphatic heterocycles. The van der Waals surface area contributed by atoms with E-state index >= 15 is 0 Å². The van der Waals surface area contributed by atoms with Gasteiger partial charge in [0.25, 0.3) is 5.91 Å². The second kappa shape index (κ2) is 5.32. The van der Waals surface area contributed by atoms with E-state index in [4.69, 9.17) is 10.5 Å². The summed E-state index contributed by atoms with van der Waals surface area (Å²) in [5, 5.41) is 9.56. The summed E-state index contributed by atoms with van der Waals surface area (Å²) in [7, 11) is 0. The molecule has 0 aliphatic rings. The number of ether oxygens (including phenoxy) is 1. The maximum atomic E-state index is 10.9. The van der Waals surface area contributed by atoms with Crippen molar-refractivity contribution in [2.45, 2.75) is 26.1 Å². The number of amides is 1. The molecule has 5 heteroatoms. The molecule has 0 saturated carbocycles. The first-order valence-corrected chi connectivity index (χ1v) is 5.64. The average Bonchev–Trinajstić information content (AvgIpc) is 2.20. The number of aliphatic hydroxyl groups is 1. The molecule has 0 radical (unpaired) electrons. The number of nitrogens with two attached hydrogens (primary N) is 1. The van der Waals surface area contributed by atoms with E-state index in [1.54, 1.807) is 32.0 Å². The van der Waals surface area contributed by atoms with Crippen molar-refractivity contribution in [2.24, 2.45) is 5.73 Å². The SMILES string of the molecule is CC(Oc1ccc(Br)cc1[C@@H](C)O)C(N)=O. The van der Waals surface area contributed by atoms with Crippen LogP contribution in [0.15, 0.2) is 22.7 Å². The van der Waals surface area contributed by atoms with E-state index < -0.39 is 18.1 Å². The highest BCUT2D eigenvalue weighted by atomic mass is 79.9. The molecule has 0 saturated heterocycles. The van der Waals surface area contributed by atoms with Gasteiger partial charge in [-0.15, -0.1) is 0 Å². The molecule has 0 bridgehead atoms. The molecule has 0 aromatic heterocycles. The summed E-state index contributed by atoms with van der Waals surface area (Å²) >= 11 is 3.30. The van der Waals surface area contributed by atoms with Crippen molar-refractivity contribution in [1.82, 2.24) is 0 Å². The van der Waals surface area contributed by atoms with E-state index in [9.17, 15) is 9.90 Å². The molecule has 1 unspecified atom stereocenters. The fourth-order valence-electron chi connectivity index (χ4n) is 1.20. The van der Waals surface area contributed by atoms with Crippen LogP contribution in [-0.2, 0) is 4.79 Å². The lowest BCUT2D eigenvalue weighted by atomic mass is 10.1. The molecule has 88 valence electrons. The number of halogens is 1. The Balaban J connectivity index is 2.99. The number of rotatable bonds is 4. The molecule has 0 spiro atoms. The van der Waals surface area contributed by atoms with Gasteiger partial charge in [-0.2, -0.15) is 0 Å². The third-order valence-corrected chi connectivity index (χ3v) is 2.62. The first kappa shape index (κ1) is 13.0. The molecule has 0 heterocycles. The summed E-state index contributed by atoms with van der Waals surface area (Å²) in [6, 6.07) is 5.20. The Labute approximate surface area is 103 Å². The first-order chi connectivity index (χ1) is 7.41. The summed E-state index contributed by atoms with van der Waals surface area (Å²) in [4.78, 5) is 10.9. The minimum atomic E-state index is -0.723. The Morgan fingerprint density at radius 1 is 1.50 bits per heavy atom. The zero-order valence-electron chi connectivity index (χ0n) is 9.11. The van der Waals surface area contributed by atoms with Crippen molar-refractivity contribution in [1.29, 1.82) is 0 Å². The summed E-state index contributed by atoms with van der Waals surface area (Å²) in [6.07, 6.45) is -1.40. The monoisotopic (exact) mass is 287 g/mol. The van der Waals surface area contributed by atoms with Crippen molar-refractivity contribution in [3.8, 4) is 5.75 Å². The van der Waals surface area contributed by atoms with Gasteiger partial charge < -0.3 is 15.6 Å². The first-order valence-electron chi connectivity index (χ1n) is 4.85. The molecule has 16 heavy (non-hydrogen) atoms. The number of carbonyl (C=O) groups excluding carboxylic acids is 1. The summed E-state index contributed by atoms with van der Waals surface area (Å²) in [6.45, 7) is 3.19. The fourth-order valence-corrected chi connectivity index (χ4v) is 1.58. The lowest BCUT2D eigenvalue weighted by molar-refractivity contribution is -0.124. The van der Waals surface area contributed by atoms with E-state index in [1.807, 2.05) is 0 Å². The maximum Gasteiger partial charge on any atom is 0.258 e. The highest BCUT2D eigenvalue weighted by molar-refractivity contribution is 9.10. The Morgan fingerprint density at radius 2 is 2.12 bits per heavy atom. The standard InChI is InChI=1S/C11H14BrNO3/c1-6(14)9-5-8(12)3-4-10(9)16-7(2)11(13)15/h3-7,14H,1-2H3,(H2,13,15)/t6-,7?/m1/s1. The van der Waals surface area contributed by atoms with Crippen molar-refractivity contribution in [3.63, 3.8) is 0 Å². The molecule has 1 aromatic rings. The number of hydrogen-bond acceptors (Lipinski definition) is 3. The molecular formula is C11H14BrNO3. The van der Waals surface area contributed by atoms with Crippen molar-refractivity contribution in [2.75, 3.05) is 0 Å². The Morgan fingerprint density at radius 3 is 2.62 bits per heavy atom. The van der Waals surface area contributed by atoms with Crippen LogP contribution >= 0.6 is 15.9 Å². The Hall–Kier alpha value is -1.07. The lowest BCUT2D eigenvalue weighted by Crippen LogP contribution is -2.31. The number of primary amides is 1. The third-order valence-electron chi connectivity index (χ3n) is 2.13. The topological polar surface area (TPSA) is 72.6 Å². The molecule has 1 aromatic carbocycles. The predicted octanol–water partition coefficient (Wildman–Crippen LogP) is 1.75. The molecule has 2 atom stereocenters. The van der Waals surface area contributed by atoms with Crippen LogP contribution in [0.1, 0.15) is 25.5 Å². The summed E-state index contributed by atoms with van der Waals surface area (Å²) in [5.41, 5.74) is 5.72. The summed E-state index contributed by atoms with van der Waals surface area (Å²) < 4.78 is 6.20. The van der Waals surface area contributed by atoms with Gasteiger partial charge in [-0.1, -0.05) is 15.9 Å². The summed E-state index contributed by atoms with van der Waals surface area (Å²) in [5.74, 6) is -0.0797. The van der Waals surface area contributed by atoms with Gasteiger partial charge in [0, 0.05) is 10.0 Å². The maximum absolute atomic E-state index is 10.9. The van der Waals surface area contributed by atoms with Gasteiger partial charge in [0.15, 0.2) is 6.10 Å². The van der Waals surface area contributed by atoms with Gasteiger partial charge in [-0.3, -0.25) is 4.79 Å². The van der Waals surface area contributed by atoms with E-state index in [0.29, 0.717) is 11.3 Å². The van der Waals surface area contributed by atoms with Gasteiger partial charge in [-0.05, 0) is 32.0 Å². The molecular weight excluding hydrogens is 274 g/mol. The number of benzene rings is 1. The second-order valence-electron chi connectivity index (χ2n) is 3.52. The van der Waals surface area contributed by atoms with E-state index in [0.717, 1.165) is 4.47 Å². The molecule has 1 amide bonds. The van der Waals surface area contributed by atoms with Crippen molar-refractivity contribution < 1.29 is 14.6 Å². The quantitative estimate of drug-likeness (QED) is 0.886. The Bertz CT molecular complexity index is 393. The highest BCUT2D eigenvalue weighted by Crippen LogP contribution is 2.29. The molecule has 4 nitrogen and oxygen atoms in total. The minimum absolute atomic E-state index is 0.463. The van der Waals surface area contributed by atoms with Crippen LogP contribution in [0.3, 0.4) is 0 Å².